The number of pyridine rings is 1. The molecule has 0 amide bonds. The molecule has 1 aliphatic heterocycles. The number of hydrogen-bond donors (Lipinski definition) is 1. The van der Waals surface area contributed by atoms with Crippen LogP contribution in [-0.2, 0) is 0 Å². The SMILES string of the molecule is c1cc2cc(C3CCCNC3)ccc2cn1. The van der Waals surface area contributed by atoms with Gasteiger partial charge < -0.3 is 5.32 Å². The van der Waals surface area contributed by atoms with Crippen molar-refractivity contribution >= 4 is 10.8 Å². The van der Waals surface area contributed by atoms with Crippen molar-refractivity contribution in [1.82, 2.24) is 10.3 Å². The molecular formula is C14H16N2. The molecule has 2 heteroatoms. The highest BCUT2D eigenvalue weighted by atomic mass is 14.9. The van der Waals surface area contributed by atoms with Crippen LogP contribution in [0.4, 0.5) is 0 Å². The van der Waals surface area contributed by atoms with E-state index in [0.717, 1.165) is 6.54 Å². The number of nitrogens with zero attached hydrogens (tertiary/aromatic N) is 1. The van der Waals surface area contributed by atoms with Crippen molar-refractivity contribution in [1.29, 1.82) is 0 Å². The maximum Gasteiger partial charge on any atom is 0.0346 e. The molecule has 2 heterocycles. The van der Waals surface area contributed by atoms with Crippen molar-refractivity contribution in [3.05, 3.63) is 42.2 Å². The number of rotatable bonds is 1. The van der Waals surface area contributed by atoms with Gasteiger partial charge in [0.05, 0.1) is 0 Å². The molecule has 0 radical (unpaired) electrons. The molecule has 1 unspecified atom stereocenters. The van der Waals surface area contributed by atoms with Crippen LogP contribution in [-0.4, -0.2) is 18.1 Å². The molecule has 0 bridgehead atoms. The van der Waals surface area contributed by atoms with Gasteiger partial charge in [-0.25, -0.2) is 0 Å². The highest BCUT2D eigenvalue weighted by molar-refractivity contribution is 5.82. The molecule has 2 aromatic rings. The Bertz CT molecular complexity index is 487. The van der Waals surface area contributed by atoms with Crippen molar-refractivity contribution in [2.75, 3.05) is 13.1 Å². The summed E-state index contributed by atoms with van der Waals surface area (Å²) in [6.45, 7) is 2.30. The molecule has 1 atom stereocenters. The Morgan fingerprint density at radius 2 is 2.19 bits per heavy atom. The van der Waals surface area contributed by atoms with Gasteiger partial charge in [0.1, 0.15) is 0 Å². The van der Waals surface area contributed by atoms with Gasteiger partial charge in [-0.2, -0.15) is 0 Å². The van der Waals surface area contributed by atoms with Crippen molar-refractivity contribution in [3.63, 3.8) is 0 Å². The monoisotopic (exact) mass is 212 g/mol. The summed E-state index contributed by atoms with van der Waals surface area (Å²) in [5.74, 6) is 0.686. The maximum absolute atomic E-state index is 4.14. The van der Waals surface area contributed by atoms with E-state index in [1.165, 1.54) is 35.7 Å². The van der Waals surface area contributed by atoms with Crippen LogP contribution >= 0.6 is 0 Å². The summed E-state index contributed by atoms with van der Waals surface area (Å²) < 4.78 is 0. The summed E-state index contributed by atoms with van der Waals surface area (Å²) in [6, 6.07) is 8.84. The first-order chi connectivity index (χ1) is 7.93. The second kappa shape index (κ2) is 4.22. The van der Waals surface area contributed by atoms with Crippen molar-refractivity contribution in [2.24, 2.45) is 0 Å². The zero-order valence-corrected chi connectivity index (χ0v) is 9.32. The van der Waals surface area contributed by atoms with E-state index in [0.29, 0.717) is 5.92 Å². The van der Waals surface area contributed by atoms with E-state index in [9.17, 15) is 0 Å². The number of aromatic nitrogens is 1. The van der Waals surface area contributed by atoms with Crippen LogP contribution < -0.4 is 5.32 Å². The lowest BCUT2D eigenvalue weighted by molar-refractivity contribution is 0.462. The number of nitrogens with one attached hydrogen (secondary N) is 1. The van der Waals surface area contributed by atoms with Crippen molar-refractivity contribution < 1.29 is 0 Å². The molecule has 1 saturated heterocycles. The first kappa shape index (κ1) is 9.79. The van der Waals surface area contributed by atoms with E-state index >= 15 is 0 Å². The Labute approximate surface area is 95.7 Å². The molecule has 1 aromatic heterocycles. The average Bonchev–Trinajstić information content (AvgIpc) is 2.39. The quantitative estimate of drug-likeness (QED) is 0.786. The fraction of sp³-hybridized carbons (Fsp3) is 0.357. The van der Waals surface area contributed by atoms with Crippen LogP contribution in [0.2, 0.25) is 0 Å². The summed E-state index contributed by atoms with van der Waals surface area (Å²) >= 11 is 0. The molecule has 82 valence electrons. The highest BCUT2D eigenvalue weighted by Crippen LogP contribution is 2.25. The van der Waals surface area contributed by atoms with Crippen molar-refractivity contribution in [2.45, 2.75) is 18.8 Å². The van der Waals surface area contributed by atoms with Gasteiger partial charge in [-0.05, 0) is 42.3 Å². The van der Waals surface area contributed by atoms with E-state index in [1.54, 1.807) is 0 Å². The third kappa shape index (κ3) is 1.81. The summed E-state index contributed by atoms with van der Waals surface area (Å²) in [5.41, 5.74) is 1.46. The minimum Gasteiger partial charge on any atom is -0.316 e. The highest BCUT2D eigenvalue weighted by Gasteiger charge is 2.14. The topological polar surface area (TPSA) is 24.9 Å². The largest absolute Gasteiger partial charge is 0.316 e. The van der Waals surface area contributed by atoms with Gasteiger partial charge >= 0.3 is 0 Å². The maximum atomic E-state index is 4.14. The first-order valence-electron chi connectivity index (χ1n) is 5.98. The Kier molecular flexibility index (Phi) is 2.58. The summed E-state index contributed by atoms with van der Waals surface area (Å²) in [4.78, 5) is 4.14. The van der Waals surface area contributed by atoms with Crippen molar-refractivity contribution in [3.8, 4) is 0 Å². The Balaban J connectivity index is 1.97. The number of hydrogen-bond acceptors (Lipinski definition) is 2. The summed E-state index contributed by atoms with van der Waals surface area (Å²) in [6.07, 6.45) is 6.39. The second-order valence-corrected chi connectivity index (χ2v) is 4.53. The summed E-state index contributed by atoms with van der Waals surface area (Å²) in [5, 5.41) is 6.00. The molecule has 0 spiro atoms. The van der Waals surface area contributed by atoms with Crippen LogP contribution in [0.15, 0.2) is 36.7 Å². The third-order valence-electron chi connectivity index (χ3n) is 3.43. The van der Waals surface area contributed by atoms with Gasteiger partial charge in [-0.15, -0.1) is 0 Å². The number of piperidine rings is 1. The van der Waals surface area contributed by atoms with Crippen LogP contribution in [0.25, 0.3) is 10.8 Å². The Morgan fingerprint density at radius 1 is 1.19 bits per heavy atom. The molecular weight excluding hydrogens is 196 g/mol. The smallest absolute Gasteiger partial charge is 0.0346 e. The predicted molar refractivity (Wildman–Crippen MR) is 66.6 cm³/mol. The predicted octanol–water partition coefficient (Wildman–Crippen LogP) is 2.70. The lowest BCUT2D eigenvalue weighted by Crippen LogP contribution is -2.28. The van der Waals surface area contributed by atoms with Gasteiger partial charge in [-0.3, -0.25) is 4.98 Å². The van der Waals surface area contributed by atoms with Gasteiger partial charge in [0.15, 0.2) is 0 Å². The van der Waals surface area contributed by atoms with Crippen LogP contribution in [0.1, 0.15) is 24.3 Å². The average molecular weight is 212 g/mol. The van der Waals surface area contributed by atoms with E-state index in [1.807, 2.05) is 12.4 Å². The zero-order chi connectivity index (χ0) is 10.8. The van der Waals surface area contributed by atoms with Gasteiger partial charge in [0.2, 0.25) is 0 Å². The van der Waals surface area contributed by atoms with Gasteiger partial charge in [0.25, 0.3) is 0 Å². The van der Waals surface area contributed by atoms with E-state index in [4.69, 9.17) is 0 Å². The van der Waals surface area contributed by atoms with Crippen LogP contribution in [0, 0.1) is 0 Å². The lowest BCUT2D eigenvalue weighted by atomic mass is 9.90. The standard InChI is InChI=1S/C14H16N2/c1-2-13(9-15-6-1)11-3-4-14-10-16-7-5-12(14)8-11/h3-5,7-8,10,13,15H,1-2,6,9H2. The minimum absolute atomic E-state index is 0.686. The Morgan fingerprint density at radius 3 is 3.06 bits per heavy atom. The lowest BCUT2D eigenvalue weighted by Gasteiger charge is -2.23. The Hall–Kier alpha value is -1.41. The molecule has 0 aliphatic carbocycles. The van der Waals surface area contributed by atoms with Gasteiger partial charge in [-0.1, -0.05) is 18.2 Å². The van der Waals surface area contributed by atoms with Crippen LogP contribution in [0.5, 0.6) is 0 Å². The third-order valence-corrected chi connectivity index (χ3v) is 3.43. The molecule has 1 aromatic carbocycles. The molecule has 0 saturated carbocycles. The number of benzene rings is 1. The minimum atomic E-state index is 0.686. The molecule has 1 aliphatic rings. The summed E-state index contributed by atoms with van der Waals surface area (Å²) in [7, 11) is 0. The van der Waals surface area contributed by atoms with Gasteiger partial charge in [0, 0.05) is 24.3 Å². The number of fused-ring (bicyclic) bond motifs is 1. The first-order valence-corrected chi connectivity index (χ1v) is 5.98. The molecule has 1 N–H and O–H groups in total. The van der Waals surface area contributed by atoms with E-state index < -0.39 is 0 Å². The molecule has 1 fully saturated rings. The van der Waals surface area contributed by atoms with Crippen LogP contribution in [0.3, 0.4) is 0 Å². The zero-order valence-electron chi connectivity index (χ0n) is 9.32. The second-order valence-electron chi connectivity index (χ2n) is 4.53. The van der Waals surface area contributed by atoms with E-state index in [-0.39, 0.29) is 0 Å². The molecule has 2 nitrogen and oxygen atoms in total. The molecule has 16 heavy (non-hydrogen) atoms. The fourth-order valence-electron chi connectivity index (χ4n) is 2.49. The normalized spacial score (nSPS) is 21.1. The fourth-order valence-corrected chi connectivity index (χ4v) is 2.49. The van der Waals surface area contributed by atoms with E-state index in [2.05, 4.69) is 34.6 Å². The molecule has 3 rings (SSSR count).